The molecule has 0 spiro atoms. The van der Waals surface area contributed by atoms with E-state index in [0.717, 1.165) is 0 Å². The molecule has 15 heavy (non-hydrogen) atoms. The van der Waals surface area contributed by atoms with Crippen LogP contribution in [0.25, 0.3) is 0 Å². The Balaban J connectivity index is 2.68. The predicted molar refractivity (Wildman–Crippen MR) is 66.4 cm³/mol. The van der Waals surface area contributed by atoms with Gasteiger partial charge in [-0.3, -0.25) is 0 Å². The number of allylic oxidation sites excluding steroid dienone is 1. The van der Waals surface area contributed by atoms with Crippen LogP contribution in [-0.2, 0) is 11.4 Å². The van der Waals surface area contributed by atoms with Crippen LogP contribution in [0, 0.1) is 0 Å². The summed E-state index contributed by atoms with van der Waals surface area (Å²) >= 11 is 0.0922. The Morgan fingerprint density at radius 2 is 2.13 bits per heavy atom. The zero-order valence-electron chi connectivity index (χ0n) is 9.36. The molecule has 0 aromatic carbocycles. The fraction of sp³-hybridized carbons (Fsp3) is 0.700. The highest BCUT2D eigenvalue weighted by atomic mass is 32.2. The van der Waals surface area contributed by atoms with Crippen molar-refractivity contribution in [2.45, 2.75) is 43.9 Å². The molecule has 1 rings (SSSR count). The monoisotopic (exact) mass is 249 g/mol. The molecule has 0 N–H and O–H groups in total. The van der Waals surface area contributed by atoms with Crippen molar-refractivity contribution < 1.29 is 8.94 Å². The predicted octanol–water partition coefficient (Wildman–Crippen LogP) is 2.88. The van der Waals surface area contributed by atoms with Crippen LogP contribution in [0.3, 0.4) is 0 Å². The van der Waals surface area contributed by atoms with Crippen LogP contribution in [0.1, 0.15) is 27.7 Å². The van der Waals surface area contributed by atoms with Crippen molar-refractivity contribution >= 4 is 28.8 Å². The summed E-state index contributed by atoms with van der Waals surface area (Å²) in [6.45, 7) is 7.30. The van der Waals surface area contributed by atoms with Crippen molar-refractivity contribution in [3.05, 3.63) is 11.5 Å². The van der Waals surface area contributed by atoms with Gasteiger partial charge in [-0.2, -0.15) is 0 Å². The molecule has 1 aliphatic rings. The Morgan fingerprint density at radius 3 is 2.53 bits per heavy atom. The minimum absolute atomic E-state index is 0.295. The molecule has 0 bridgehead atoms. The van der Waals surface area contributed by atoms with Gasteiger partial charge in [0.05, 0.1) is 11.0 Å². The average Bonchev–Trinajstić information content (AvgIpc) is 2.49. The molecule has 0 saturated carbocycles. The van der Waals surface area contributed by atoms with Gasteiger partial charge >= 0.3 is 0 Å². The molecule has 3 unspecified atom stereocenters. The Kier molecular flexibility index (Phi) is 4.26. The van der Waals surface area contributed by atoms with E-state index in [0.29, 0.717) is 5.71 Å². The normalized spacial score (nSPS) is 29.6. The molecule has 0 saturated heterocycles. The van der Waals surface area contributed by atoms with Crippen LogP contribution in [0.4, 0.5) is 4.39 Å². The third-order valence-corrected chi connectivity index (χ3v) is 4.65. The van der Waals surface area contributed by atoms with Gasteiger partial charge in [0.15, 0.2) is 0 Å². The van der Waals surface area contributed by atoms with Crippen LogP contribution in [0.2, 0.25) is 0 Å². The van der Waals surface area contributed by atoms with E-state index in [2.05, 4.69) is 4.40 Å². The lowest BCUT2D eigenvalue weighted by Gasteiger charge is -2.20. The van der Waals surface area contributed by atoms with Crippen LogP contribution >= 0.6 is 11.8 Å². The second-order valence-corrected chi connectivity index (χ2v) is 7.38. The van der Waals surface area contributed by atoms with Gasteiger partial charge in [0, 0.05) is 0 Å². The summed E-state index contributed by atoms with van der Waals surface area (Å²) in [4.78, 5) is 0. The second-order valence-electron chi connectivity index (χ2n) is 4.42. The van der Waals surface area contributed by atoms with Gasteiger partial charge < -0.3 is 4.55 Å². The fourth-order valence-electron chi connectivity index (χ4n) is 1.03. The van der Waals surface area contributed by atoms with Crippen molar-refractivity contribution in [2.75, 3.05) is 0 Å². The number of alkyl halides is 1. The molecule has 1 heterocycles. The molecule has 0 aromatic rings. The van der Waals surface area contributed by atoms with E-state index < -0.39 is 17.5 Å². The second kappa shape index (κ2) is 4.89. The molecule has 0 fully saturated rings. The molecule has 5 heteroatoms. The van der Waals surface area contributed by atoms with E-state index >= 15 is 0 Å². The number of hydrogen-bond donors (Lipinski definition) is 0. The van der Waals surface area contributed by atoms with Crippen molar-refractivity contribution in [1.29, 1.82) is 0 Å². The number of rotatable bonds is 2. The number of hydrogen-bond acceptors (Lipinski definition) is 3. The summed E-state index contributed by atoms with van der Waals surface area (Å²) in [5.41, 5.74) is 0.616. The van der Waals surface area contributed by atoms with Gasteiger partial charge in [0.25, 0.3) is 0 Å². The highest BCUT2D eigenvalue weighted by molar-refractivity contribution is 8.03. The standard InChI is InChI=1S/C10H16FNOS2/c1-7(9-8(11)5-6-14-9)12-15(13)10(2,3)4/h5-6,8-9H,1-4H3. The zero-order valence-corrected chi connectivity index (χ0v) is 11.0. The first kappa shape index (κ1) is 13.1. The first-order valence-electron chi connectivity index (χ1n) is 4.76. The average molecular weight is 249 g/mol. The van der Waals surface area contributed by atoms with Crippen molar-refractivity contribution in [3.8, 4) is 0 Å². The largest absolute Gasteiger partial charge is 0.591 e. The van der Waals surface area contributed by atoms with Gasteiger partial charge in [0.2, 0.25) is 0 Å². The van der Waals surface area contributed by atoms with Crippen LogP contribution in [0.15, 0.2) is 15.9 Å². The van der Waals surface area contributed by atoms with E-state index in [-0.39, 0.29) is 10.00 Å². The van der Waals surface area contributed by atoms with Crippen LogP contribution in [-0.4, -0.2) is 26.4 Å². The molecule has 1 aliphatic heterocycles. The van der Waals surface area contributed by atoms with E-state index in [9.17, 15) is 8.94 Å². The van der Waals surface area contributed by atoms with E-state index in [4.69, 9.17) is 0 Å². The summed E-state index contributed by atoms with van der Waals surface area (Å²) < 4.78 is 28.7. The molecular formula is C10H16FNOS2. The molecule has 3 atom stereocenters. The molecule has 86 valence electrons. The summed E-state index contributed by atoms with van der Waals surface area (Å²) in [7, 11) is 0. The quantitative estimate of drug-likeness (QED) is 0.557. The topological polar surface area (TPSA) is 35.4 Å². The van der Waals surface area contributed by atoms with Gasteiger partial charge in [-0.05, 0) is 39.2 Å². The fourth-order valence-corrected chi connectivity index (χ4v) is 2.65. The molecule has 0 aliphatic carbocycles. The Hall–Kier alpha value is -0.0000000000000000555. The minimum Gasteiger partial charge on any atom is -0.591 e. The lowest BCUT2D eigenvalue weighted by Crippen LogP contribution is -2.29. The van der Waals surface area contributed by atoms with Crippen molar-refractivity contribution in [2.24, 2.45) is 4.40 Å². The maximum Gasteiger partial charge on any atom is 0.144 e. The molecule has 0 amide bonds. The third kappa shape index (κ3) is 3.50. The molecule has 0 radical (unpaired) electrons. The maximum absolute atomic E-state index is 13.3. The molecule has 0 aromatic heterocycles. The van der Waals surface area contributed by atoms with Gasteiger partial charge in [-0.1, -0.05) is 4.40 Å². The number of thioether (sulfide) groups is 1. The number of halogens is 1. The first-order chi connectivity index (χ1) is 6.82. The van der Waals surface area contributed by atoms with Crippen molar-refractivity contribution in [1.82, 2.24) is 0 Å². The van der Waals surface area contributed by atoms with E-state index in [1.54, 1.807) is 12.3 Å². The summed E-state index contributed by atoms with van der Waals surface area (Å²) in [6, 6.07) is 0. The van der Waals surface area contributed by atoms with Gasteiger partial charge in [-0.15, -0.1) is 11.8 Å². The van der Waals surface area contributed by atoms with Crippen LogP contribution in [0.5, 0.6) is 0 Å². The van der Waals surface area contributed by atoms with E-state index in [1.165, 1.54) is 17.8 Å². The highest BCUT2D eigenvalue weighted by Crippen LogP contribution is 2.29. The highest BCUT2D eigenvalue weighted by Gasteiger charge is 2.31. The molecular weight excluding hydrogens is 233 g/mol. The molecule has 2 nitrogen and oxygen atoms in total. The third-order valence-electron chi connectivity index (χ3n) is 1.94. The SMILES string of the molecule is CC(=N[S+]([O-])C(C)(C)C)C1SC=CC1F. The Morgan fingerprint density at radius 1 is 1.53 bits per heavy atom. The van der Waals surface area contributed by atoms with E-state index in [1.807, 2.05) is 20.8 Å². The minimum atomic E-state index is -1.30. The summed E-state index contributed by atoms with van der Waals surface area (Å²) in [5, 5.41) is 1.44. The Bertz CT molecular complexity index is 286. The van der Waals surface area contributed by atoms with Gasteiger partial charge in [-0.25, -0.2) is 4.39 Å². The van der Waals surface area contributed by atoms with Crippen molar-refractivity contribution in [3.63, 3.8) is 0 Å². The van der Waals surface area contributed by atoms with Crippen LogP contribution < -0.4 is 0 Å². The lowest BCUT2D eigenvalue weighted by atomic mass is 10.2. The summed E-state index contributed by atoms with van der Waals surface area (Å²) in [6.07, 6.45) is 0.504. The lowest BCUT2D eigenvalue weighted by molar-refractivity contribution is 0.421. The summed E-state index contributed by atoms with van der Waals surface area (Å²) in [5.74, 6) is 0. The first-order valence-corrected chi connectivity index (χ1v) is 6.80. The maximum atomic E-state index is 13.3. The zero-order chi connectivity index (χ0) is 11.6. The Labute approximate surface area is 97.7 Å². The number of nitrogens with zero attached hydrogens (tertiary/aromatic N) is 1. The van der Waals surface area contributed by atoms with Gasteiger partial charge in [0.1, 0.15) is 22.3 Å². The smallest absolute Gasteiger partial charge is 0.144 e.